The first-order valence-electron chi connectivity index (χ1n) is 7.92. The van der Waals surface area contributed by atoms with E-state index in [1.165, 1.54) is 11.3 Å². The molecule has 1 aromatic heterocycles. The first-order chi connectivity index (χ1) is 11.8. The molecule has 2 atom stereocenters. The van der Waals surface area contributed by atoms with Crippen LogP contribution in [0, 0.1) is 0 Å². The molecular weight excluding hydrogens is 396 g/mol. The summed E-state index contributed by atoms with van der Waals surface area (Å²) in [5.74, 6) is -0.475. The van der Waals surface area contributed by atoms with Gasteiger partial charge in [-0.25, -0.2) is 8.42 Å². The fourth-order valence-corrected chi connectivity index (χ4v) is 3.97. The van der Waals surface area contributed by atoms with E-state index in [-0.39, 0.29) is 30.5 Å². The van der Waals surface area contributed by atoms with E-state index in [4.69, 9.17) is 5.73 Å². The Kier molecular flexibility index (Phi) is 8.61. The highest BCUT2D eigenvalue weighted by Gasteiger charge is 2.20. The molecule has 0 bridgehead atoms. The average molecular weight is 419 g/mol. The van der Waals surface area contributed by atoms with E-state index in [1.54, 1.807) is 0 Å². The fraction of sp³-hybridized carbons (Fsp3) is 0.438. The lowest BCUT2D eigenvalue weighted by molar-refractivity contribution is -0.117. The minimum atomic E-state index is -3.15. The maximum absolute atomic E-state index is 12.1. The molecular formula is C16H23ClN4O3S2. The number of sulfone groups is 1. The largest absolute Gasteiger partial charge is 0.320 e. The zero-order valence-corrected chi connectivity index (χ0v) is 17.0. The summed E-state index contributed by atoms with van der Waals surface area (Å²) in [6.07, 6.45) is 2.04. The number of nitrogens with two attached hydrogens (primary N) is 1. The summed E-state index contributed by atoms with van der Waals surface area (Å²) in [6, 6.07) is 9.08. The molecule has 1 amide bonds. The highest BCUT2D eigenvalue weighted by atomic mass is 35.5. The summed E-state index contributed by atoms with van der Waals surface area (Å²) in [6.45, 7) is 2.07. The van der Waals surface area contributed by atoms with Gasteiger partial charge in [-0.15, -0.1) is 22.6 Å². The maximum atomic E-state index is 12.1. The molecule has 2 aromatic rings. The van der Waals surface area contributed by atoms with E-state index in [0.29, 0.717) is 5.13 Å². The second-order valence-corrected chi connectivity index (χ2v) is 9.10. The van der Waals surface area contributed by atoms with Crippen LogP contribution in [0.15, 0.2) is 30.3 Å². The van der Waals surface area contributed by atoms with Crippen molar-refractivity contribution >= 4 is 44.6 Å². The Morgan fingerprint density at radius 2 is 1.92 bits per heavy atom. The number of hydrogen-bond donors (Lipinski definition) is 2. The molecule has 3 N–H and O–H groups in total. The molecule has 1 heterocycles. The first kappa shape index (κ1) is 22.5. The number of halogens is 1. The average Bonchev–Trinajstić information content (AvgIpc) is 3.01. The Bertz CT molecular complexity index is 812. The lowest BCUT2D eigenvalue weighted by Gasteiger charge is -2.11. The monoisotopic (exact) mass is 418 g/mol. The van der Waals surface area contributed by atoms with Crippen LogP contribution in [0.1, 0.15) is 36.3 Å². The summed E-state index contributed by atoms with van der Waals surface area (Å²) >= 11 is 1.30. The smallest absolute Gasteiger partial charge is 0.243 e. The van der Waals surface area contributed by atoms with Crippen molar-refractivity contribution in [1.29, 1.82) is 0 Å². The number of amides is 1. The van der Waals surface area contributed by atoms with Crippen LogP contribution in [0.25, 0.3) is 0 Å². The quantitative estimate of drug-likeness (QED) is 0.679. The van der Waals surface area contributed by atoms with Crippen molar-refractivity contribution in [2.75, 3.05) is 17.3 Å². The third-order valence-corrected chi connectivity index (χ3v) is 5.65. The lowest BCUT2D eigenvalue weighted by Crippen LogP contribution is -2.37. The Labute approximate surface area is 163 Å². The Morgan fingerprint density at radius 3 is 2.50 bits per heavy atom. The lowest BCUT2D eigenvalue weighted by atomic mass is 9.97. The number of carbonyl (C=O) groups is 1. The van der Waals surface area contributed by atoms with E-state index >= 15 is 0 Å². The van der Waals surface area contributed by atoms with E-state index in [9.17, 15) is 13.2 Å². The van der Waals surface area contributed by atoms with E-state index < -0.39 is 21.8 Å². The molecule has 26 heavy (non-hydrogen) atoms. The number of aromatic nitrogens is 2. The fourth-order valence-electron chi connectivity index (χ4n) is 2.33. The van der Waals surface area contributed by atoms with Crippen LogP contribution < -0.4 is 11.1 Å². The van der Waals surface area contributed by atoms with Crippen LogP contribution in [0.5, 0.6) is 0 Å². The van der Waals surface area contributed by atoms with Crippen LogP contribution in [-0.2, 0) is 14.6 Å². The zero-order valence-electron chi connectivity index (χ0n) is 14.6. The number of hydrogen-bond acceptors (Lipinski definition) is 7. The van der Waals surface area contributed by atoms with Gasteiger partial charge in [0.15, 0.2) is 0 Å². The molecule has 2 unspecified atom stereocenters. The maximum Gasteiger partial charge on any atom is 0.243 e. The standard InChI is InChI=1S/C16H22N4O3S2.ClH/c1-3-12(11-7-5-4-6-8-11)15-19-20-16(24-15)18-14(21)13(17)9-10-25(2,22)23;/h4-8,12-13H,3,9-10,17H2,1-2H3,(H,18,20,21);1H. The molecule has 0 saturated heterocycles. The summed E-state index contributed by atoms with van der Waals surface area (Å²) < 4.78 is 22.3. The molecule has 10 heteroatoms. The van der Waals surface area contributed by atoms with Gasteiger partial charge in [0.05, 0.1) is 11.8 Å². The molecule has 2 rings (SSSR count). The van der Waals surface area contributed by atoms with Crippen molar-refractivity contribution in [1.82, 2.24) is 10.2 Å². The predicted molar refractivity (Wildman–Crippen MR) is 107 cm³/mol. The van der Waals surface area contributed by atoms with Crippen molar-refractivity contribution < 1.29 is 13.2 Å². The van der Waals surface area contributed by atoms with Gasteiger partial charge < -0.3 is 5.73 Å². The topological polar surface area (TPSA) is 115 Å². The predicted octanol–water partition coefficient (Wildman–Crippen LogP) is 2.20. The van der Waals surface area contributed by atoms with Crippen molar-refractivity contribution in [2.24, 2.45) is 5.73 Å². The molecule has 0 aliphatic heterocycles. The molecule has 0 saturated carbocycles. The number of nitrogens with one attached hydrogen (secondary N) is 1. The van der Waals surface area contributed by atoms with Gasteiger partial charge in [0, 0.05) is 12.2 Å². The van der Waals surface area contributed by atoms with Gasteiger partial charge in [0.2, 0.25) is 11.0 Å². The number of benzene rings is 1. The van der Waals surface area contributed by atoms with Gasteiger partial charge in [-0.3, -0.25) is 10.1 Å². The van der Waals surface area contributed by atoms with E-state index in [1.807, 2.05) is 30.3 Å². The van der Waals surface area contributed by atoms with Crippen molar-refractivity contribution in [3.8, 4) is 0 Å². The molecule has 0 radical (unpaired) electrons. The first-order valence-corrected chi connectivity index (χ1v) is 10.8. The summed E-state index contributed by atoms with van der Waals surface area (Å²) in [7, 11) is -3.15. The second-order valence-electron chi connectivity index (χ2n) is 5.83. The van der Waals surface area contributed by atoms with Crippen molar-refractivity contribution in [2.45, 2.75) is 31.7 Å². The van der Waals surface area contributed by atoms with Crippen molar-refractivity contribution in [3.63, 3.8) is 0 Å². The zero-order chi connectivity index (χ0) is 18.4. The van der Waals surface area contributed by atoms with E-state index in [2.05, 4.69) is 22.4 Å². The van der Waals surface area contributed by atoms with Gasteiger partial charge in [0.25, 0.3) is 0 Å². The number of anilines is 1. The van der Waals surface area contributed by atoms with E-state index in [0.717, 1.165) is 23.2 Å². The highest BCUT2D eigenvalue weighted by molar-refractivity contribution is 7.90. The Hall–Kier alpha value is -1.55. The number of carbonyl (C=O) groups excluding carboxylic acids is 1. The summed E-state index contributed by atoms with van der Waals surface area (Å²) in [5, 5.41) is 12.0. The number of nitrogens with zero attached hydrogens (tertiary/aromatic N) is 2. The molecule has 7 nitrogen and oxygen atoms in total. The molecule has 0 fully saturated rings. The third kappa shape index (κ3) is 6.64. The summed E-state index contributed by atoms with van der Waals surface area (Å²) in [5.41, 5.74) is 6.88. The summed E-state index contributed by atoms with van der Waals surface area (Å²) in [4.78, 5) is 12.1. The van der Waals surface area contributed by atoms with Crippen LogP contribution in [0.2, 0.25) is 0 Å². The van der Waals surface area contributed by atoms with Crippen LogP contribution in [-0.4, -0.2) is 42.6 Å². The van der Waals surface area contributed by atoms with Crippen LogP contribution in [0.3, 0.4) is 0 Å². The molecule has 144 valence electrons. The van der Waals surface area contributed by atoms with Gasteiger partial charge in [-0.05, 0) is 18.4 Å². The van der Waals surface area contributed by atoms with Crippen LogP contribution in [0.4, 0.5) is 5.13 Å². The minimum absolute atomic E-state index is 0. The van der Waals surface area contributed by atoms with Gasteiger partial charge >= 0.3 is 0 Å². The second kappa shape index (κ2) is 9.96. The van der Waals surface area contributed by atoms with Gasteiger partial charge in [-0.1, -0.05) is 48.6 Å². The molecule has 1 aromatic carbocycles. The Balaban J connectivity index is 0.00000338. The minimum Gasteiger partial charge on any atom is -0.320 e. The normalized spacial score (nSPS) is 13.5. The van der Waals surface area contributed by atoms with Gasteiger partial charge in [-0.2, -0.15) is 0 Å². The molecule has 0 spiro atoms. The molecule has 0 aliphatic rings. The molecule has 0 aliphatic carbocycles. The van der Waals surface area contributed by atoms with Crippen molar-refractivity contribution in [3.05, 3.63) is 40.9 Å². The SMILES string of the molecule is CCC(c1ccccc1)c1nnc(NC(=O)C(N)CCS(C)(=O)=O)s1.Cl. The van der Waals surface area contributed by atoms with Crippen LogP contribution >= 0.6 is 23.7 Å². The Morgan fingerprint density at radius 1 is 1.27 bits per heavy atom. The number of rotatable bonds is 8. The third-order valence-electron chi connectivity index (χ3n) is 3.72. The highest BCUT2D eigenvalue weighted by Crippen LogP contribution is 2.31. The van der Waals surface area contributed by atoms with Gasteiger partial charge in [0.1, 0.15) is 14.8 Å².